The summed E-state index contributed by atoms with van der Waals surface area (Å²) >= 11 is 0. The number of halogens is 1. The molecule has 1 aromatic carbocycles. The monoisotopic (exact) mass is 375 g/mol. The van der Waals surface area contributed by atoms with Gasteiger partial charge in [0.05, 0.1) is 33.1 Å². The largest absolute Gasteiger partial charge is 0.465 e. The van der Waals surface area contributed by atoms with E-state index in [1.807, 2.05) is 6.07 Å². The molecule has 2 aromatic rings. The summed E-state index contributed by atoms with van der Waals surface area (Å²) < 4.78 is 19.3. The van der Waals surface area contributed by atoms with Gasteiger partial charge in [-0.3, -0.25) is 4.79 Å². The molecule has 0 spiro atoms. The summed E-state index contributed by atoms with van der Waals surface area (Å²) in [4.78, 5) is 26.7. The van der Waals surface area contributed by atoms with Gasteiger partial charge < -0.3 is 15.4 Å². The van der Waals surface area contributed by atoms with Crippen LogP contribution < -0.4 is 15.8 Å². The number of hydrogen-bond acceptors (Lipinski definition) is 5. The van der Waals surface area contributed by atoms with Crippen LogP contribution in [0, 0.1) is 5.82 Å². The summed E-state index contributed by atoms with van der Waals surface area (Å²) in [6, 6.07) is 8.16. The van der Waals surface area contributed by atoms with Gasteiger partial charge in [0.1, 0.15) is 17.2 Å². The SMILES string of the molecule is COC(=O)c1ccc(CNC=O)nc1Nc1ccc([Si](C)(C)C)cc1F. The highest BCUT2D eigenvalue weighted by atomic mass is 28.3. The molecule has 1 aromatic heterocycles. The maximum absolute atomic E-state index is 14.5. The fraction of sp³-hybridized carbons (Fsp3) is 0.278. The maximum Gasteiger partial charge on any atom is 0.341 e. The molecule has 138 valence electrons. The standard InChI is InChI=1S/C18H22FN3O3Si/c1-25-18(24)14-7-5-12(10-20-11-23)21-17(14)22-16-8-6-13(9-15(16)19)26(2,3)4/h5-9,11H,10H2,1-4H3,(H,20,23)(H,21,22). The number of anilines is 2. The number of carbonyl (C=O) groups is 2. The lowest BCUT2D eigenvalue weighted by Crippen LogP contribution is -2.37. The lowest BCUT2D eigenvalue weighted by atomic mass is 10.2. The lowest BCUT2D eigenvalue weighted by Gasteiger charge is -2.18. The zero-order valence-corrected chi connectivity index (χ0v) is 16.2. The van der Waals surface area contributed by atoms with E-state index in [0.29, 0.717) is 12.1 Å². The van der Waals surface area contributed by atoms with Crippen molar-refractivity contribution >= 4 is 37.1 Å². The molecule has 0 saturated carbocycles. The van der Waals surface area contributed by atoms with Crippen LogP contribution in [0.3, 0.4) is 0 Å². The lowest BCUT2D eigenvalue weighted by molar-refractivity contribution is -0.109. The quantitative estimate of drug-likeness (QED) is 0.442. The molecule has 26 heavy (non-hydrogen) atoms. The van der Waals surface area contributed by atoms with Crippen molar-refractivity contribution in [2.24, 2.45) is 0 Å². The number of rotatable bonds is 7. The molecule has 0 atom stereocenters. The van der Waals surface area contributed by atoms with Crippen LogP contribution in [-0.4, -0.2) is 32.5 Å². The number of esters is 1. The molecule has 2 rings (SSSR count). The molecule has 8 heteroatoms. The van der Waals surface area contributed by atoms with E-state index in [0.717, 1.165) is 5.19 Å². The Morgan fingerprint density at radius 1 is 1.27 bits per heavy atom. The van der Waals surface area contributed by atoms with Gasteiger partial charge in [-0.2, -0.15) is 0 Å². The number of nitrogens with one attached hydrogen (secondary N) is 2. The van der Waals surface area contributed by atoms with Crippen LogP contribution in [0.5, 0.6) is 0 Å². The molecule has 0 fully saturated rings. The third kappa shape index (κ3) is 4.66. The van der Waals surface area contributed by atoms with Gasteiger partial charge in [0, 0.05) is 0 Å². The van der Waals surface area contributed by atoms with Gasteiger partial charge in [0.2, 0.25) is 6.41 Å². The Kier molecular flexibility index (Phi) is 6.09. The van der Waals surface area contributed by atoms with E-state index in [4.69, 9.17) is 4.74 Å². The van der Waals surface area contributed by atoms with E-state index >= 15 is 0 Å². The zero-order chi connectivity index (χ0) is 19.3. The first-order chi connectivity index (χ1) is 12.3. The Morgan fingerprint density at radius 2 is 2.00 bits per heavy atom. The minimum atomic E-state index is -1.64. The Bertz CT molecular complexity index is 822. The highest BCUT2D eigenvalue weighted by molar-refractivity contribution is 6.88. The van der Waals surface area contributed by atoms with Crippen LogP contribution in [0.2, 0.25) is 19.6 Å². The molecule has 0 bridgehead atoms. The van der Waals surface area contributed by atoms with Crippen molar-refractivity contribution in [2.45, 2.75) is 26.2 Å². The molecule has 0 aliphatic heterocycles. The van der Waals surface area contributed by atoms with Crippen molar-refractivity contribution < 1.29 is 18.7 Å². The second-order valence-electron chi connectivity index (χ2n) is 6.76. The normalized spacial score (nSPS) is 11.0. The van der Waals surface area contributed by atoms with Crippen LogP contribution in [-0.2, 0) is 16.1 Å². The molecule has 0 aliphatic carbocycles. The highest BCUT2D eigenvalue weighted by Gasteiger charge is 2.19. The van der Waals surface area contributed by atoms with Gasteiger partial charge in [-0.05, 0) is 24.3 Å². The second-order valence-corrected chi connectivity index (χ2v) is 11.8. The van der Waals surface area contributed by atoms with Crippen molar-refractivity contribution in [2.75, 3.05) is 12.4 Å². The fourth-order valence-corrected chi connectivity index (χ4v) is 3.47. The van der Waals surface area contributed by atoms with Crippen molar-refractivity contribution in [3.63, 3.8) is 0 Å². The van der Waals surface area contributed by atoms with E-state index in [1.165, 1.54) is 19.2 Å². The topological polar surface area (TPSA) is 80.3 Å². The maximum atomic E-state index is 14.5. The minimum Gasteiger partial charge on any atom is -0.465 e. The van der Waals surface area contributed by atoms with E-state index in [-0.39, 0.29) is 23.6 Å². The van der Waals surface area contributed by atoms with Crippen molar-refractivity contribution in [1.29, 1.82) is 0 Å². The minimum absolute atomic E-state index is 0.168. The number of nitrogens with zero attached hydrogens (tertiary/aromatic N) is 1. The number of hydrogen-bond donors (Lipinski definition) is 2. The van der Waals surface area contributed by atoms with E-state index in [1.54, 1.807) is 12.1 Å². The average molecular weight is 375 g/mol. The van der Waals surface area contributed by atoms with E-state index in [9.17, 15) is 14.0 Å². The highest BCUT2D eigenvalue weighted by Crippen LogP contribution is 2.23. The van der Waals surface area contributed by atoms with Crippen molar-refractivity contribution in [3.05, 3.63) is 47.4 Å². The first kappa shape index (κ1) is 19.6. The van der Waals surface area contributed by atoms with Gasteiger partial charge >= 0.3 is 5.97 Å². The van der Waals surface area contributed by atoms with E-state index in [2.05, 4.69) is 35.3 Å². The number of benzene rings is 1. The molecule has 6 nitrogen and oxygen atoms in total. The molecule has 0 saturated heterocycles. The second kappa shape index (κ2) is 8.09. The third-order valence-electron chi connectivity index (χ3n) is 3.81. The molecule has 1 heterocycles. The molecule has 1 amide bonds. The first-order valence-electron chi connectivity index (χ1n) is 8.08. The number of carbonyl (C=O) groups excluding carboxylic acids is 2. The average Bonchev–Trinajstić information content (AvgIpc) is 2.60. The molecule has 0 radical (unpaired) electrons. The van der Waals surface area contributed by atoms with Crippen LogP contribution in [0.15, 0.2) is 30.3 Å². The number of methoxy groups -OCH3 is 1. The zero-order valence-electron chi connectivity index (χ0n) is 15.2. The summed E-state index contributed by atoms with van der Waals surface area (Å²) in [5, 5.41) is 6.35. The first-order valence-corrected chi connectivity index (χ1v) is 11.6. The smallest absolute Gasteiger partial charge is 0.341 e. The Balaban J connectivity index is 2.40. The molecule has 0 unspecified atom stereocenters. The Morgan fingerprint density at radius 3 is 2.58 bits per heavy atom. The van der Waals surface area contributed by atoms with Crippen LogP contribution in [0.25, 0.3) is 0 Å². The Hall–Kier alpha value is -2.74. The Labute approximate surface area is 152 Å². The van der Waals surface area contributed by atoms with Gasteiger partial charge in [-0.25, -0.2) is 14.2 Å². The summed E-state index contributed by atoms with van der Waals surface area (Å²) in [7, 11) is -0.376. The van der Waals surface area contributed by atoms with Crippen molar-refractivity contribution in [3.8, 4) is 0 Å². The van der Waals surface area contributed by atoms with Gasteiger partial charge in [-0.1, -0.05) is 30.9 Å². The summed E-state index contributed by atoms with van der Waals surface area (Å²) in [6.07, 6.45) is 0.553. The van der Waals surface area contributed by atoms with Crippen LogP contribution in [0.4, 0.5) is 15.9 Å². The molecule has 0 aliphatic rings. The molecular formula is C18H22FN3O3Si. The van der Waals surface area contributed by atoms with Gasteiger partial charge in [0.25, 0.3) is 0 Å². The number of amides is 1. The summed E-state index contributed by atoms with van der Waals surface area (Å²) in [5.41, 5.74) is 0.910. The number of aromatic nitrogens is 1. The predicted octanol–water partition coefficient (Wildman–Crippen LogP) is 2.54. The number of ether oxygens (including phenoxy) is 1. The molecule has 2 N–H and O–H groups in total. The predicted molar refractivity (Wildman–Crippen MR) is 101 cm³/mol. The van der Waals surface area contributed by atoms with Crippen LogP contribution >= 0.6 is 0 Å². The number of pyridine rings is 1. The van der Waals surface area contributed by atoms with E-state index < -0.39 is 19.9 Å². The van der Waals surface area contributed by atoms with Gasteiger partial charge in [-0.15, -0.1) is 0 Å². The molecular weight excluding hydrogens is 353 g/mol. The fourth-order valence-electron chi connectivity index (χ4n) is 2.32. The third-order valence-corrected chi connectivity index (χ3v) is 5.86. The summed E-state index contributed by atoms with van der Waals surface area (Å²) in [6.45, 7) is 6.59. The summed E-state index contributed by atoms with van der Waals surface area (Å²) in [5.74, 6) is -0.838. The van der Waals surface area contributed by atoms with Crippen molar-refractivity contribution in [1.82, 2.24) is 10.3 Å². The van der Waals surface area contributed by atoms with Gasteiger partial charge in [0.15, 0.2) is 0 Å². The van der Waals surface area contributed by atoms with Crippen LogP contribution in [0.1, 0.15) is 16.1 Å².